The van der Waals surface area contributed by atoms with Crippen LogP contribution in [-0.2, 0) is 4.79 Å². The van der Waals surface area contributed by atoms with Crippen LogP contribution in [0.1, 0.15) is 0 Å². The van der Waals surface area contributed by atoms with Gasteiger partial charge in [0, 0.05) is 54.4 Å². The highest BCUT2D eigenvalue weighted by Crippen LogP contribution is 2.37. The van der Waals surface area contributed by atoms with Crippen molar-refractivity contribution < 1.29 is 19.0 Å². The molecular weight excluding hydrogens is 474 g/mol. The number of nitrogen functional groups attached to an aromatic ring is 1. The van der Waals surface area contributed by atoms with Crippen LogP contribution < -0.4 is 31.0 Å². The number of nitrogens with two attached hydrogens (primary N) is 2. The van der Waals surface area contributed by atoms with Crippen LogP contribution in [0.4, 0.5) is 5.82 Å². The molecule has 0 saturated carbocycles. The monoisotopic (exact) mass is 503 g/mol. The van der Waals surface area contributed by atoms with Gasteiger partial charge < -0.3 is 31.0 Å². The lowest BCUT2D eigenvalue weighted by molar-refractivity contribution is -0.124. The number of hydrogen-bond donors (Lipinski definition) is 3. The lowest BCUT2D eigenvalue weighted by atomic mass is 10.0. The van der Waals surface area contributed by atoms with E-state index in [-0.39, 0.29) is 18.6 Å². The van der Waals surface area contributed by atoms with E-state index in [1.165, 1.54) is 0 Å². The number of aromatic nitrogens is 3. The quantitative estimate of drug-likeness (QED) is 0.302. The SMILES string of the molecule is COc1cc2ncc3c(N)nc(-c4cncc(OC[C@@H](N)CN5CCNC(=O)C5)c4)cc3c2cc1OC. The minimum Gasteiger partial charge on any atom is -0.493 e. The van der Waals surface area contributed by atoms with Gasteiger partial charge in [-0.05, 0) is 23.6 Å². The molecule has 0 bridgehead atoms. The maximum Gasteiger partial charge on any atom is 0.234 e. The Balaban J connectivity index is 1.40. The van der Waals surface area contributed by atoms with E-state index in [2.05, 4.69) is 20.3 Å². The number of amides is 1. The molecule has 1 amide bonds. The van der Waals surface area contributed by atoms with Gasteiger partial charge >= 0.3 is 0 Å². The zero-order chi connectivity index (χ0) is 25.9. The first kappa shape index (κ1) is 24.5. The number of pyridine rings is 3. The van der Waals surface area contributed by atoms with Crippen LogP contribution in [0.25, 0.3) is 32.9 Å². The normalized spacial score (nSPS) is 14.9. The van der Waals surface area contributed by atoms with Crippen molar-refractivity contribution in [2.75, 3.05) is 52.7 Å². The number of carbonyl (C=O) groups is 1. The molecule has 5 N–H and O–H groups in total. The number of methoxy groups -OCH3 is 2. The Kier molecular flexibility index (Phi) is 6.89. The molecule has 1 atom stereocenters. The Morgan fingerprint density at radius 3 is 2.65 bits per heavy atom. The van der Waals surface area contributed by atoms with Gasteiger partial charge in [-0.3, -0.25) is 19.7 Å². The molecule has 3 aromatic heterocycles. The third kappa shape index (κ3) is 5.18. The number of benzene rings is 1. The van der Waals surface area contributed by atoms with Crippen LogP contribution in [0.2, 0.25) is 0 Å². The number of carbonyl (C=O) groups excluding carboxylic acids is 1. The molecule has 1 aliphatic heterocycles. The molecule has 4 heterocycles. The third-order valence-electron chi connectivity index (χ3n) is 6.30. The fourth-order valence-electron chi connectivity index (χ4n) is 4.48. The Hall–Kier alpha value is -4.22. The minimum absolute atomic E-state index is 0.0135. The molecule has 0 unspecified atom stereocenters. The largest absolute Gasteiger partial charge is 0.493 e. The predicted molar refractivity (Wildman–Crippen MR) is 141 cm³/mol. The average Bonchev–Trinajstić information content (AvgIpc) is 2.91. The first-order valence-corrected chi connectivity index (χ1v) is 11.9. The molecule has 1 fully saturated rings. The molecule has 0 aliphatic carbocycles. The molecule has 192 valence electrons. The maximum atomic E-state index is 11.6. The van der Waals surface area contributed by atoms with Crippen LogP contribution in [-0.4, -0.2) is 78.8 Å². The highest BCUT2D eigenvalue weighted by atomic mass is 16.5. The molecule has 37 heavy (non-hydrogen) atoms. The summed E-state index contributed by atoms with van der Waals surface area (Å²) in [5.74, 6) is 2.13. The van der Waals surface area contributed by atoms with Crippen LogP contribution >= 0.6 is 0 Å². The van der Waals surface area contributed by atoms with Crippen molar-refractivity contribution in [3.63, 3.8) is 0 Å². The minimum atomic E-state index is -0.255. The predicted octanol–water partition coefficient (Wildman–Crippen LogP) is 1.58. The van der Waals surface area contributed by atoms with Crippen LogP contribution in [0.3, 0.4) is 0 Å². The van der Waals surface area contributed by atoms with Crippen LogP contribution in [0.5, 0.6) is 17.2 Å². The van der Waals surface area contributed by atoms with Gasteiger partial charge in [0.1, 0.15) is 18.2 Å². The number of hydrogen-bond acceptors (Lipinski definition) is 10. The fraction of sp³-hybridized carbons (Fsp3) is 0.308. The summed E-state index contributed by atoms with van der Waals surface area (Å²) in [5, 5.41) is 5.29. The number of rotatable bonds is 8. The van der Waals surface area contributed by atoms with E-state index in [0.29, 0.717) is 48.4 Å². The fourth-order valence-corrected chi connectivity index (χ4v) is 4.48. The van der Waals surface area contributed by atoms with Crippen molar-refractivity contribution in [3.8, 4) is 28.5 Å². The average molecular weight is 504 g/mol. The molecular formula is C26H29N7O4. The summed E-state index contributed by atoms with van der Waals surface area (Å²) in [6, 6.07) is 7.27. The molecule has 0 spiro atoms. The summed E-state index contributed by atoms with van der Waals surface area (Å²) in [4.78, 5) is 27.1. The van der Waals surface area contributed by atoms with Gasteiger partial charge in [-0.25, -0.2) is 4.98 Å². The number of nitrogens with one attached hydrogen (secondary N) is 1. The summed E-state index contributed by atoms with van der Waals surface area (Å²) in [6.07, 6.45) is 5.05. The van der Waals surface area contributed by atoms with E-state index >= 15 is 0 Å². The zero-order valence-corrected chi connectivity index (χ0v) is 20.7. The van der Waals surface area contributed by atoms with E-state index in [1.807, 2.05) is 29.2 Å². The maximum absolute atomic E-state index is 11.6. The number of fused-ring (bicyclic) bond motifs is 3. The third-order valence-corrected chi connectivity index (χ3v) is 6.30. The van der Waals surface area contributed by atoms with E-state index in [4.69, 9.17) is 25.7 Å². The molecule has 5 rings (SSSR count). The molecule has 11 heteroatoms. The summed E-state index contributed by atoms with van der Waals surface area (Å²) >= 11 is 0. The molecule has 0 radical (unpaired) electrons. The number of ether oxygens (including phenoxy) is 3. The molecule has 1 saturated heterocycles. The first-order valence-electron chi connectivity index (χ1n) is 11.9. The van der Waals surface area contributed by atoms with Crippen molar-refractivity contribution in [1.29, 1.82) is 0 Å². The Bertz CT molecular complexity index is 1460. The van der Waals surface area contributed by atoms with Gasteiger partial charge in [0.15, 0.2) is 11.5 Å². The Labute approximate surface area is 213 Å². The first-order chi connectivity index (χ1) is 17.9. The van der Waals surface area contributed by atoms with E-state index in [1.54, 1.807) is 32.8 Å². The highest BCUT2D eigenvalue weighted by Gasteiger charge is 2.19. The summed E-state index contributed by atoms with van der Waals surface area (Å²) in [5.41, 5.74) is 14.7. The van der Waals surface area contributed by atoms with E-state index in [9.17, 15) is 4.79 Å². The van der Waals surface area contributed by atoms with Gasteiger partial charge in [-0.2, -0.15) is 0 Å². The van der Waals surface area contributed by atoms with Crippen LogP contribution in [0, 0.1) is 0 Å². The van der Waals surface area contributed by atoms with Gasteiger partial charge in [-0.1, -0.05) is 0 Å². The second kappa shape index (κ2) is 10.4. The standard InChI is InChI=1S/C26H29N7O4/c1-35-23-7-19-18-6-21(32-26(28)20(18)11-31-22(19)8-24(23)36-2)15-5-17(10-29-9-15)37-14-16(27)12-33-4-3-30-25(34)13-33/h5-11,16H,3-4,12-14,27H2,1-2H3,(H2,28,32)(H,30,34)/t16-/m0/s1. The van der Waals surface area contributed by atoms with Crippen molar-refractivity contribution in [1.82, 2.24) is 25.2 Å². The molecule has 11 nitrogen and oxygen atoms in total. The number of anilines is 1. The molecule has 4 aromatic rings. The van der Waals surface area contributed by atoms with Gasteiger partial charge in [0.2, 0.25) is 5.91 Å². The zero-order valence-electron chi connectivity index (χ0n) is 20.7. The summed E-state index contributed by atoms with van der Waals surface area (Å²) in [7, 11) is 3.18. The van der Waals surface area contributed by atoms with Crippen LogP contribution in [0.15, 0.2) is 42.9 Å². The van der Waals surface area contributed by atoms with E-state index in [0.717, 1.165) is 33.8 Å². The van der Waals surface area contributed by atoms with E-state index < -0.39 is 0 Å². The highest BCUT2D eigenvalue weighted by molar-refractivity contribution is 6.10. The van der Waals surface area contributed by atoms with Crippen molar-refractivity contribution in [2.24, 2.45) is 5.73 Å². The summed E-state index contributed by atoms with van der Waals surface area (Å²) < 4.78 is 16.8. The lowest BCUT2D eigenvalue weighted by Gasteiger charge is -2.28. The summed E-state index contributed by atoms with van der Waals surface area (Å²) in [6.45, 7) is 2.61. The van der Waals surface area contributed by atoms with Crippen molar-refractivity contribution in [2.45, 2.75) is 6.04 Å². The number of nitrogens with zero attached hydrogens (tertiary/aromatic N) is 4. The molecule has 1 aliphatic rings. The van der Waals surface area contributed by atoms with Gasteiger partial charge in [-0.15, -0.1) is 0 Å². The topological polar surface area (TPSA) is 151 Å². The lowest BCUT2D eigenvalue weighted by Crippen LogP contribution is -2.52. The second-order valence-electron chi connectivity index (χ2n) is 8.90. The van der Waals surface area contributed by atoms with Gasteiger partial charge in [0.25, 0.3) is 0 Å². The smallest absolute Gasteiger partial charge is 0.234 e. The molecule has 1 aromatic carbocycles. The number of piperazine rings is 1. The second-order valence-corrected chi connectivity index (χ2v) is 8.90. The van der Waals surface area contributed by atoms with Crippen molar-refractivity contribution >= 4 is 33.4 Å². The Morgan fingerprint density at radius 2 is 1.86 bits per heavy atom. The van der Waals surface area contributed by atoms with Gasteiger partial charge in [0.05, 0.1) is 44.2 Å². The Morgan fingerprint density at radius 1 is 1.05 bits per heavy atom. The van der Waals surface area contributed by atoms with Crippen molar-refractivity contribution in [3.05, 3.63) is 42.9 Å².